The highest BCUT2D eigenvalue weighted by Gasteiger charge is 2.28. The quantitative estimate of drug-likeness (QED) is 0.397. The lowest BCUT2D eigenvalue weighted by atomic mass is 9.95. The maximum atomic E-state index is 13.5. The van der Waals surface area contributed by atoms with Gasteiger partial charge in [-0.25, -0.2) is 0 Å². The van der Waals surface area contributed by atoms with E-state index in [2.05, 4.69) is 75.0 Å². The number of likely N-dealkylation sites (tertiary alicyclic amines) is 1. The van der Waals surface area contributed by atoms with Gasteiger partial charge in [0.2, 0.25) is 11.8 Å². The molecule has 2 atom stereocenters. The molecule has 8 heteroatoms. The standard InChI is InChI=1S/C34H40ClN5O2/c35-29-13-11-25(12-14-29)20-30(37-34(42)31-21-26-6-1-2-7-27(26)22-36-31)24-38-16-18-39(19-17-38)32-9-4-3-8-28(32)23-40-15-5-10-33(40)41/h1-4,6-9,11-14,30-31,36H,5,10,15-24H2,(H,37,42)/t30-,31-/m1/s1. The van der Waals surface area contributed by atoms with Crippen molar-refractivity contribution in [2.45, 2.75) is 50.9 Å². The van der Waals surface area contributed by atoms with E-state index in [-0.39, 0.29) is 23.9 Å². The highest BCUT2D eigenvalue weighted by molar-refractivity contribution is 6.30. The first-order valence-corrected chi connectivity index (χ1v) is 15.6. The van der Waals surface area contributed by atoms with Crippen molar-refractivity contribution in [3.05, 3.63) is 100 Å². The zero-order chi connectivity index (χ0) is 28.9. The number of hydrogen-bond donors (Lipinski definition) is 2. The zero-order valence-corrected chi connectivity index (χ0v) is 24.9. The number of amides is 2. The van der Waals surface area contributed by atoms with Crippen molar-refractivity contribution >= 4 is 29.1 Å². The van der Waals surface area contributed by atoms with Gasteiger partial charge in [0.05, 0.1) is 6.04 Å². The van der Waals surface area contributed by atoms with Crippen LogP contribution in [-0.4, -0.2) is 73.0 Å². The Morgan fingerprint density at radius 2 is 1.67 bits per heavy atom. The molecule has 3 aliphatic heterocycles. The van der Waals surface area contributed by atoms with Gasteiger partial charge in [0.15, 0.2) is 0 Å². The van der Waals surface area contributed by atoms with Gasteiger partial charge in [0, 0.05) is 75.5 Å². The molecule has 0 spiro atoms. The number of nitrogens with zero attached hydrogens (tertiary/aromatic N) is 3. The van der Waals surface area contributed by atoms with Gasteiger partial charge in [0.1, 0.15) is 0 Å². The minimum Gasteiger partial charge on any atom is -0.369 e. The van der Waals surface area contributed by atoms with E-state index in [1.165, 1.54) is 22.4 Å². The second-order valence-electron chi connectivity index (χ2n) is 11.8. The number of carbonyl (C=O) groups is 2. The van der Waals surface area contributed by atoms with Crippen LogP contribution in [0.4, 0.5) is 5.69 Å². The van der Waals surface area contributed by atoms with Gasteiger partial charge in [-0.15, -0.1) is 0 Å². The van der Waals surface area contributed by atoms with Crippen LogP contribution in [0.5, 0.6) is 0 Å². The third kappa shape index (κ3) is 6.97. The lowest BCUT2D eigenvalue weighted by Crippen LogP contribution is -2.55. The van der Waals surface area contributed by atoms with Gasteiger partial charge >= 0.3 is 0 Å². The number of hydrogen-bond acceptors (Lipinski definition) is 5. The molecule has 2 amide bonds. The smallest absolute Gasteiger partial charge is 0.237 e. The molecule has 0 aromatic heterocycles. The molecule has 0 saturated carbocycles. The molecule has 3 aromatic carbocycles. The minimum atomic E-state index is -0.233. The lowest BCUT2D eigenvalue weighted by Gasteiger charge is -2.39. The Kier molecular flexibility index (Phi) is 9.08. The first kappa shape index (κ1) is 28.7. The van der Waals surface area contributed by atoms with Gasteiger partial charge in [-0.05, 0) is 59.7 Å². The van der Waals surface area contributed by atoms with Gasteiger partial charge in [-0.2, -0.15) is 0 Å². The van der Waals surface area contributed by atoms with E-state index in [1.807, 2.05) is 23.1 Å². The van der Waals surface area contributed by atoms with Crippen LogP contribution in [0, 0.1) is 0 Å². The number of anilines is 1. The van der Waals surface area contributed by atoms with Crippen LogP contribution in [0.25, 0.3) is 0 Å². The van der Waals surface area contributed by atoms with E-state index >= 15 is 0 Å². The van der Waals surface area contributed by atoms with E-state index < -0.39 is 0 Å². The fraction of sp³-hybridized carbons (Fsp3) is 0.412. The van der Waals surface area contributed by atoms with Crippen molar-refractivity contribution in [2.24, 2.45) is 0 Å². The molecular weight excluding hydrogens is 546 g/mol. The highest BCUT2D eigenvalue weighted by atomic mass is 35.5. The van der Waals surface area contributed by atoms with Crippen molar-refractivity contribution in [1.82, 2.24) is 20.4 Å². The van der Waals surface area contributed by atoms with Crippen LogP contribution < -0.4 is 15.5 Å². The Labute approximate surface area is 253 Å². The second-order valence-corrected chi connectivity index (χ2v) is 12.2. The van der Waals surface area contributed by atoms with Crippen molar-refractivity contribution in [2.75, 3.05) is 44.2 Å². The molecule has 0 radical (unpaired) electrons. The minimum absolute atomic E-state index is 0.0161. The molecule has 0 bridgehead atoms. The largest absolute Gasteiger partial charge is 0.369 e. The predicted molar refractivity (Wildman–Crippen MR) is 168 cm³/mol. The van der Waals surface area contributed by atoms with E-state index in [4.69, 9.17) is 11.6 Å². The van der Waals surface area contributed by atoms with Gasteiger partial charge in [-0.3, -0.25) is 14.5 Å². The summed E-state index contributed by atoms with van der Waals surface area (Å²) in [5, 5.41) is 7.55. The topological polar surface area (TPSA) is 67.9 Å². The summed E-state index contributed by atoms with van der Waals surface area (Å²) in [6, 6.07) is 24.5. The Balaban J connectivity index is 1.09. The molecule has 3 aliphatic rings. The summed E-state index contributed by atoms with van der Waals surface area (Å²) in [4.78, 5) is 32.6. The third-order valence-electron chi connectivity index (χ3n) is 8.86. The van der Waals surface area contributed by atoms with Crippen molar-refractivity contribution in [3.8, 4) is 0 Å². The molecule has 0 aliphatic carbocycles. The van der Waals surface area contributed by atoms with Crippen LogP contribution in [-0.2, 0) is 35.5 Å². The molecule has 3 heterocycles. The molecule has 3 aromatic rings. The Morgan fingerprint density at radius 3 is 2.43 bits per heavy atom. The number of carbonyl (C=O) groups excluding carboxylic acids is 2. The van der Waals surface area contributed by atoms with Crippen LogP contribution >= 0.6 is 11.6 Å². The second kappa shape index (κ2) is 13.3. The summed E-state index contributed by atoms with van der Waals surface area (Å²) in [7, 11) is 0. The normalized spacial score (nSPS) is 19.9. The van der Waals surface area contributed by atoms with Crippen LogP contribution in [0.2, 0.25) is 5.02 Å². The number of para-hydroxylation sites is 1. The summed E-state index contributed by atoms with van der Waals surface area (Å²) < 4.78 is 0. The van der Waals surface area contributed by atoms with Crippen molar-refractivity contribution in [3.63, 3.8) is 0 Å². The van der Waals surface area contributed by atoms with Gasteiger partial charge < -0.3 is 20.4 Å². The summed E-state index contributed by atoms with van der Waals surface area (Å²) in [5.74, 6) is 0.323. The van der Waals surface area contributed by atoms with E-state index in [1.54, 1.807) is 0 Å². The molecule has 2 saturated heterocycles. The van der Waals surface area contributed by atoms with Crippen molar-refractivity contribution in [1.29, 1.82) is 0 Å². The highest BCUT2D eigenvalue weighted by Crippen LogP contribution is 2.25. The SMILES string of the molecule is O=C(N[C@H](Cc1ccc(Cl)cc1)CN1CCN(c2ccccc2CN2CCCC2=O)CC1)[C@H]1Cc2ccccc2CN1. The average molecular weight is 586 g/mol. The maximum absolute atomic E-state index is 13.5. The Hall–Kier alpha value is -3.39. The average Bonchev–Trinajstić information content (AvgIpc) is 3.42. The fourth-order valence-corrected chi connectivity index (χ4v) is 6.65. The molecule has 2 fully saturated rings. The molecule has 42 heavy (non-hydrogen) atoms. The van der Waals surface area contributed by atoms with Crippen molar-refractivity contribution < 1.29 is 9.59 Å². The van der Waals surface area contributed by atoms with Gasteiger partial charge in [0.25, 0.3) is 0 Å². The Bertz CT molecular complexity index is 1390. The molecular formula is C34H40ClN5O2. The molecule has 7 nitrogen and oxygen atoms in total. The summed E-state index contributed by atoms with van der Waals surface area (Å²) in [6.07, 6.45) is 3.08. The molecule has 6 rings (SSSR count). The number of fused-ring (bicyclic) bond motifs is 1. The Morgan fingerprint density at radius 1 is 0.929 bits per heavy atom. The van der Waals surface area contributed by atoms with Crippen LogP contribution in [0.1, 0.15) is 35.1 Å². The van der Waals surface area contributed by atoms with E-state index in [0.717, 1.165) is 62.7 Å². The number of nitrogens with one attached hydrogen (secondary N) is 2. The lowest BCUT2D eigenvalue weighted by molar-refractivity contribution is -0.128. The van der Waals surface area contributed by atoms with Crippen LogP contribution in [0.3, 0.4) is 0 Å². The monoisotopic (exact) mass is 585 g/mol. The number of benzene rings is 3. The summed E-state index contributed by atoms with van der Waals surface area (Å²) in [6.45, 7) is 6.69. The van der Waals surface area contributed by atoms with Gasteiger partial charge in [-0.1, -0.05) is 66.2 Å². The summed E-state index contributed by atoms with van der Waals surface area (Å²) in [5.41, 5.74) is 6.12. The predicted octanol–water partition coefficient (Wildman–Crippen LogP) is 4.03. The maximum Gasteiger partial charge on any atom is 0.237 e. The third-order valence-corrected chi connectivity index (χ3v) is 9.11. The first-order chi connectivity index (χ1) is 20.5. The van der Waals surface area contributed by atoms with E-state index in [9.17, 15) is 9.59 Å². The van der Waals surface area contributed by atoms with E-state index in [0.29, 0.717) is 25.9 Å². The molecule has 0 unspecified atom stereocenters. The number of halogens is 1. The number of piperazine rings is 1. The fourth-order valence-electron chi connectivity index (χ4n) is 6.52. The number of rotatable bonds is 9. The molecule has 220 valence electrons. The first-order valence-electron chi connectivity index (χ1n) is 15.2. The van der Waals surface area contributed by atoms with Crippen LogP contribution in [0.15, 0.2) is 72.8 Å². The summed E-state index contributed by atoms with van der Waals surface area (Å²) >= 11 is 6.15. The zero-order valence-electron chi connectivity index (χ0n) is 24.1. The molecule has 2 N–H and O–H groups in total.